The first-order chi connectivity index (χ1) is 16.6. The van der Waals surface area contributed by atoms with Gasteiger partial charge in [0.05, 0.1) is 18.9 Å². The van der Waals surface area contributed by atoms with E-state index in [0.717, 1.165) is 35.4 Å². The summed E-state index contributed by atoms with van der Waals surface area (Å²) in [6.07, 6.45) is 3.89. The third-order valence-electron chi connectivity index (χ3n) is 5.89. The van der Waals surface area contributed by atoms with Gasteiger partial charge in [-0.15, -0.1) is 15.3 Å². The minimum absolute atomic E-state index is 0.0785. The summed E-state index contributed by atoms with van der Waals surface area (Å²) in [6.45, 7) is 7.19. The third-order valence-corrected chi connectivity index (χ3v) is 5.89. The molecule has 176 valence electrons. The van der Waals surface area contributed by atoms with Crippen molar-refractivity contribution in [2.45, 2.75) is 46.0 Å². The monoisotopic (exact) mass is 461 g/mol. The van der Waals surface area contributed by atoms with Gasteiger partial charge in [0.25, 0.3) is 0 Å². The van der Waals surface area contributed by atoms with Crippen molar-refractivity contribution < 1.29 is 14.3 Å². The van der Waals surface area contributed by atoms with Gasteiger partial charge in [-0.1, -0.05) is 19.4 Å². The Labute approximate surface area is 196 Å². The molecule has 0 unspecified atom stereocenters. The quantitative estimate of drug-likeness (QED) is 0.399. The molecule has 0 fully saturated rings. The van der Waals surface area contributed by atoms with Crippen LogP contribution in [0.15, 0.2) is 36.7 Å². The number of rotatable bonds is 8. The molecular formula is C24H27N7O3. The number of carbonyl (C=O) groups is 1. The highest BCUT2D eigenvalue weighted by Crippen LogP contribution is 2.42. The molecule has 1 aromatic carbocycles. The Morgan fingerprint density at radius 2 is 2.00 bits per heavy atom. The van der Waals surface area contributed by atoms with Gasteiger partial charge in [0.1, 0.15) is 12.1 Å². The Balaban J connectivity index is 1.55. The first-order valence-electron chi connectivity index (χ1n) is 11.5. The van der Waals surface area contributed by atoms with Crippen molar-refractivity contribution in [3.63, 3.8) is 0 Å². The largest absolute Gasteiger partial charge is 0.490 e. The zero-order valence-electron chi connectivity index (χ0n) is 19.5. The van der Waals surface area contributed by atoms with Crippen molar-refractivity contribution in [2.24, 2.45) is 0 Å². The number of aryl methyl sites for hydroxylation is 1. The van der Waals surface area contributed by atoms with Crippen LogP contribution in [0, 0.1) is 6.92 Å². The highest BCUT2D eigenvalue weighted by atomic mass is 16.5. The lowest BCUT2D eigenvalue weighted by atomic mass is 9.85. The summed E-state index contributed by atoms with van der Waals surface area (Å²) >= 11 is 0. The summed E-state index contributed by atoms with van der Waals surface area (Å²) in [6, 6.07) is 9.54. The zero-order valence-corrected chi connectivity index (χ0v) is 19.5. The number of carbonyl (C=O) groups excluding carboxylic acids is 1. The van der Waals surface area contributed by atoms with Gasteiger partial charge in [0.2, 0.25) is 5.91 Å². The van der Waals surface area contributed by atoms with Crippen LogP contribution in [0.3, 0.4) is 0 Å². The average Bonchev–Trinajstić information content (AvgIpc) is 3.43. The smallest absolute Gasteiger partial charge is 0.226 e. The number of anilines is 1. The van der Waals surface area contributed by atoms with Crippen molar-refractivity contribution in [3.05, 3.63) is 53.5 Å². The van der Waals surface area contributed by atoms with E-state index in [9.17, 15) is 4.79 Å². The number of amides is 1. The molecule has 1 aliphatic rings. The number of nitrogens with one attached hydrogen (secondary N) is 1. The fraction of sp³-hybridized carbons (Fsp3) is 0.375. The Hall–Kier alpha value is -3.95. The third kappa shape index (κ3) is 3.95. The predicted molar refractivity (Wildman–Crippen MR) is 126 cm³/mol. The molecule has 0 saturated carbocycles. The maximum atomic E-state index is 12.8. The first-order valence-corrected chi connectivity index (χ1v) is 11.5. The second kappa shape index (κ2) is 9.12. The van der Waals surface area contributed by atoms with Crippen LogP contribution in [-0.2, 0) is 4.79 Å². The fourth-order valence-electron chi connectivity index (χ4n) is 4.28. The molecule has 1 N–H and O–H groups in total. The van der Waals surface area contributed by atoms with Gasteiger partial charge in [-0.05, 0) is 50.1 Å². The van der Waals surface area contributed by atoms with Gasteiger partial charge >= 0.3 is 0 Å². The number of unbranched alkanes of at least 4 members (excludes halogenated alkanes) is 1. The van der Waals surface area contributed by atoms with Crippen molar-refractivity contribution in [1.29, 1.82) is 0 Å². The van der Waals surface area contributed by atoms with E-state index in [1.807, 2.05) is 44.2 Å². The molecule has 1 aliphatic heterocycles. The summed E-state index contributed by atoms with van der Waals surface area (Å²) < 4.78 is 15.1. The van der Waals surface area contributed by atoms with E-state index in [1.165, 1.54) is 6.33 Å². The van der Waals surface area contributed by atoms with Gasteiger partial charge in [-0.2, -0.15) is 14.3 Å². The maximum Gasteiger partial charge on any atom is 0.226 e. The number of aromatic nitrogens is 6. The number of nitrogens with zero attached hydrogens (tertiary/aromatic N) is 6. The predicted octanol–water partition coefficient (Wildman–Crippen LogP) is 3.67. The fourth-order valence-corrected chi connectivity index (χ4v) is 4.28. The van der Waals surface area contributed by atoms with Crippen LogP contribution in [0.2, 0.25) is 0 Å². The molecule has 4 heterocycles. The van der Waals surface area contributed by atoms with Gasteiger partial charge in [0.15, 0.2) is 23.0 Å². The molecular weight excluding hydrogens is 434 g/mol. The lowest BCUT2D eigenvalue weighted by molar-refractivity contribution is -0.116. The molecule has 34 heavy (non-hydrogen) atoms. The SMILES string of the molecule is CCCCOc1ccc([C@@H]2CC(=O)Nc3c2c(C)nn3-c2ccc3nncn3n2)cc1OCC. The van der Waals surface area contributed by atoms with Gasteiger partial charge in [-0.3, -0.25) is 4.79 Å². The van der Waals surface area contributed by atoms with E-state index in [0.29, 0.717) is 42.7 Å². The van der Waals surface area contributed by atoms with Crippen LogP contribution >= 0.6 is 0 Å². The molecule has 1 amide bonds. The van der Waals surface area contributed by atoms with Crippen molar-refractivity contribution in [2.75, 3.05) is 18.5 Å². The Bertz CT molecular complexity index is 1340. The molecule has 10 nitrogen and oxygen atoms in total. The van der Waals surface area contributed by atoms with Crippen molar-refractivity contribution >= 4 is 17.4 Å². The number of fused-ring (bicyclic) bond motifs is 2. The Kier molecular flexibility index (Phi) is 5.87. The van der Waals surface area contributed by atoms with Crippen LogP contribution in [0.5, 0.6) is 11.5 Å². The van der Waals surface area contributed by atoms with E-state index in [-0.39, 0.29) is 11.8 Å². The normalized spacial score (nSPS) is 15.3. The first kappa shape index (κ1) is 21.9. The van der Waals surface area contributed by atoms with Crippen LogP contribution in [-0.4, -0.2) is 48.7 Å². The highest BCUT2D eigenvalue weighted by molar-refractivity contribution is 5.95. The van der Waals surface area contributed by atoms with Crippen LogP contribution < -0.4 is 14.8 Å². The number of hydrogen-bond donors (Lipinski definition) is 1. The van der Waals surface area contributed by atoms with Crippen molar-refractivity contribution in [3.8, 4) is 17.3 Å². The number of benzene rings is 1. The molecule has 0 spiro atoms. The van der Waals surface area contributed by atoms with E-state index in [1.54, 1.807) is 9.20 Å². The number of ether oxygens (including phenoxy) is 2. The van der Waals surface area contributed by atoms with Gasteiger partial charge in [0, 0.05) is 17.9 Å². The standard InChI is InChI=1S/C24H27N7O3/c1-4-6-11-34-18-8-7-16(12-19(18)33-5-2)17-13-22(32)26-24-23(17)15(3)28-31(24)21-10-9-20-27-25-14-30(20)29-21/h7-10,12,14,17H,4-6,11,13H2,1-3H3,(H,26,32)/t17-/m0/s1. The second-order valence-corrected chi connectivity index (χ2v) is 8.23. The molecule has 0 radical (unpaired) electrons. The Morgan fingerprint density at radius 1 is 1.12 bits per heavy atom. The Morgan fingerprint density at radius 3 is 2.82 bits per heavy atom. The average molecular weight is 462 g/mol. The van der Waals surface area contributed by atoms with E-state index in [2.05, 4.69) is 27.5 Å². The number of hydrogen-bond acceptors (Lipinski definition) is 7. The summed E-state index contributed by atoms with van der Waals surface area (Å²) in [4.78, 5) is 12.8. The summed E-state index contributed by atoms with van der Waals surface area (Å²) in [5.41, 5.74) is 3.40. The van der Waals surface area contributed by atoms with E-state index in [4.69, 9.17) is 14.6 Å². The van der Waals surface area contributed by atoms with Crippen LogP contribution in [0.4, 0.5) is 5.82 Å². The zero-order chi connectivity index (χ0) is 23.7. The molecule has 3 aromatic heterocycles. The van der Waals surface area contributed by atoms with Crippen LogP contribution in [0.1, 0.15) is 55.8 Å². The molecule has 10 heteroatoms. The maximum absolute atomic E-state index is 12.8. The molecule has 5 rings (SSSR count). The van der Waals surface area contributed by atoms with Gasteiger partial charge in [-0.25, -0.2) is 0 Å². The topological polar surface area (TPSA) is 108 Å². The lowest BCUT2D eigenvalue weighted by Gasteiger charge is -2.25. The summed E-state index contributed by atoms with van der Waals surface area (Å²) in [5.74, 6) is 2.35. The molecule has 1 atom stereocenters. The summed E-state index contributed by atoms with van der Waals surface area (Å²) in [7, 11) is 0. The molecule has 4 aromatic rings. The summed E-state index contributed by atoms with van der Waals surface area (Å²) in [5, 5.41) is 20.1. The minimum atomic E-state index is -0.167. The van der Waals surface area contributed by atoms with Crippen LogP contribution in [0.25, 0.3) is 11.5 Å². The van der Waals surface area contributed by atoms with E-state index < -0.39 is 0 Å². The minimum Gasteiger partial charge on any atom is -0.490 e. The highest BCUT2D eigenvalue weighted by Gasteiger charge is 2.33. The van der Waals surface area contributed by atoms with Crippen molar-refractivity contribution in [1.82, 2.24) is 29.6 Å². The second-order valence-electron chi connectivity index (χ2n) is 8.23. The molecule has 0 aliphatic carbocycles. The molecule has 0 bridgehead atoms. The molecule has 0 saturated heterocycles. The van der Waals surface area contributed by atoms with Gasteiger partial charge < -0.3 is 14.8 Å². The lowest BCUT2D eigenvalue weighted by Crippen LogP contribution is -2.25. The van der Waals surface area contributed by atoms with E-state index >= 15 is 0 Å².